The van der Waals surface area contributed by atoms with Crippen molar-refractivity contribution >= 4 is 17.9 Å². The SMILES string of the molecule is CCOc1ccc(C=CC(=O)NC(C)C(=O)NCc2ccccc2)cc1OCC. The van der Waals surface area contributed by atoms with Gasteiger partial charge in [-0.25, -0.2) is 0 Å². The molecule has 0 bridgehead atoms. The Bertz CT molecular complexity index is 834. The van der Waals surface area contributed by atoms with Crippen molar-refractivity contribution in [3.05, 3.63) is 65.7 Å². The molecule has 2 N–H and O–H groups in total. The van der Waals surface area contributed by atoms with Gasteiger partial charge in [0.05, 0.1) is 13.2 Å². The van der Waals surface area contributed by atoms with Crippen LogP contribution in [-0.4, -0.2) is 31.1 Å². The maximum atomic E-state index is 12.2. The minimum absolute atomic E-state index is 0.240. The summed E-state index contributed by atoms with van der Waals surface area (Å²) in [6.07, 6.45) is 3.06. The molecule has 0 fully saturated rings. The van der Waals surface area contributed by atoms with Crippen LogP contribution in [0.4, 0.5) is 0 Å². The molecule has 0 saturated heterocycles. The van der Waals surface area contributed by atoms with Gasteiger partial charge in [0.2, 0.25) is 11.8 Å². The summed E-state index contributed by atoms with van der Waals surface area (Å²) >= 11 is 0. The number of amides is 2. The number of hydrogen-bond donors (Lipinski definition) is 2. The van der Waals surface area contributed by atoms with Crippen molar-refractivity contribution in [3.8, 4) is 11.5 Å². The lowest BCUT2D eigenvalue weighted by Gasteiger charge is -2.13. The quantitative estimate of drug-likeness (QED) is 0.604. The number of benzene rings is 2. The Morgan fingerprint density at radius 1 is 1.00 bits per heavy atom. The van der Waals surface area contributed by atoms with Crippen LogP contribution < -0.4 is 20.1 Å². The zero-order valence-electron chi connectivity index (χ0n) is 17.1. The van der Waals surface area contributed by atoms with E-state index in [9.17, 15) is 9.59 Å². The lowest BCUT2D eigenvalue weighted by atomic mass is 10.2. The smallest absolute Gasteiger partial charge is 0.244 e. The Hall–Kier alpha value is -3.28. The lowest BCUT2D eigenvalue weighted by molar-refractivity contribution is -0.126. The van der Waals surface area contributed by atoms with Gasteiger partial charge in [-0.05, 0) is 50.1 Å². The fourth-order valence-corrected chi connectivity index (χ4v) is 2.61. The number of rotatable bonds is 10. The predicted octanol–water partition coefficient (Wildman–Crippen LogP) is 3.32. The fourth-order valence-electron chi connectivity index (χ4n) is 2.61. The van der Waals surface area contributed by atoms with E-state index in [1.807, 2.05) is 62.4 Å². The van der Waals surface area contributed by atoms with Crippen molar-refractivity contribution in [2.24, 2.45) is 0 Å². The van der Waals surface area contributed by atoms with Crippen molar-refractivity contribution < 1.29 is 19.1 Å². The highest BCUT2D eigenvalue weighted by molar-refractivity contribution is 5.95. The molecule has 2 amide bonds. The minimum atomic E-state index is -0.643. The second kappa shape index (κ2) is 11.5. The number of carbonyl (C=O) groups excluding carboxylic acids is 2. The van der Waals surface area contributed by atoms with E-state index < -0.39 is 6.04 Å². The average Bonchev–Trinajstić information content (AvgIpc) is 2.73. The molecule has 2 aromatic rings. The summed E-state index contributed by atoms with van der Waals surface area (Å²) in [6, 6.07) is 14.4. The third-order valence-corrected chi connectivity index (χ3v) is 4.06. The molecule has 6 nitrogen and oxygen atoms in total. The van der Waals surface area contributed by atoms with E-state index >= 15 is 0 Å². The molecule has 6 heteroatoms. The highest BCUT2D eigenvalue weighted by atomic mass is 16.5. The monoisotopic (exact) mass is 396 g/mol. The van der Waals surface area contributed by atoms with Gasteiger partial charge in [0.25, 0.3) is 0 Å². The summed E-state index contributed by atoms with van der Waals surface area (Å²) < 4.78 is 11.1. The van der Waals surface area contributed by atoms with E-state index in [0.29, 0.717) is 31.3 Å². The van der Waals surface area contributed by atoms with Crippen LogP contribution in [-0.2, 0) is 16.1 Å². The maximum absolute atomic E-state index is 12.2. The molecule has 1 atom stereocenters. The van der Waals surface area contributed by atoms with Gasteiger partial charge in [0.15, 0.2) is 11.5 Å². The molecule has 0 aliphatic rings. The van der Waals surface area contributed by atoms with Gasteiger partial charge >= 0.3 is 0 Å². The molecule has 0 heterocycles. The predicted molar refractivity (Wildman–Crippen MR) is 114 cm³/mol. The van der Waals surface area contributed by atoms with Gasteiger partial charge in [-0.15, -0.1) is 0 Å². The van der Waals surface area contributed by atoms with Crippen molar-refractivity contribution in [2.45, 2.75) is 33.4 Å². The number of nitrogens with one attached hydrogen (secondary N) is 2. The van der Waals surface area contributed by atoms with Crippen LogP contribution in [0.5, 0.6) is 11.5 Å². The highest BCUT2D eigenvalue weighted by Gasteiger charge is 2.14. The van der Waals surface area contributed by atoms with E-state index in [0.717, 1.165) is 11.1 Å². The molecular formula is C23H28N2O4. The van der Waals surface area contributed by atoms with Crippen molar-refractivity contribution in [3.63, 3.8) is 0 Å². The summed E-state index contributed by atoms with van der Waals surface area (Å²) in [5.41, 5.74) is 1.80. The first-order valence-corrected chi connectivity index (χ1v) is 9.73. The van der Waals surface area contributed by atoms with E-state index in [-0.39, 0.29) is 11.8 Å². The van der Waals surface area contributed by atoms with Crippen molar-refractivity contribution in [2.75, 3.05) is 13.2 Å². The molecule has 0 aliphatic heterocycles. The second-order valence-corrected chi connectivity index (χ2v) is 6.34. The van der Waals surface area contributed by atoms with Gasteiger partial charge < -0.3 is 20.1 Å². The Morgan fingerprint density at radius 2 is 1.69 bits per heavy atom. The molecule has 2 rings (SSSR count). The molecule has 29 heavy (non-hydrogen) atoms. The number of carbonyl (C=O) groups is 2. The number of ether oxygens (including phenoxy) is 2. The van der Waals surface area contributed by atoms with Crippen LogP contribution >= 0.6 is 0 Å². The Morgan fingerprint density at radius 3 is 2.38 bits per heavy atom. The zero-order chi connectivity index (χ0) is 21.1. The maximum Gasteiger partial charge on any atom is 0.244 e. The summed E-state index contributed by atoms with van der Waals surface area (Å²) in [5.74, 6) is 0.708. The van der Waals surface area contributed by atoms with E-state index in [1.165, 1.54) is 6.08 Å². The largest absolute Gasteiger partial charge is 0.490 e. The Labute approximate surface area is 171 Å². The summed E-state index contributed by atoms with van der Waals surface area (Å²) in [4.78, 5) is 24.3. The van der Waals surface area contributed by atoms with Crippen LogP contribution in [0.15, 0.2) is 54.6 Å². The van der Waals surface area contributed by atoms with Gasteiger partial charge in [0.1, 0.15) is 6.04 Å². The first-order valence-electron chi connectivity index (χ1n) is 9.73. The normalized spacial score (nSPS) is 11.7. The highest BCUT2D eigenvalue weighted by Crippen LogP contribution is 2.28. The molecule has 2 aromatic carbocycles. The van der Waals surface area contributed by atoms with Crippen LogP contribution in [0.25, 0.3) is 6.08 Å². The zero-order valence-corrected chi connectivity index (χ0v) is 17.1. The van der Waals surface area contributed by atoms with Crippen LogP contribution in [0.3, 0.4) is 0 Å². The van der Waals surface area contributed by atoms with Crippen LogP contribution in [0.2, 0.25) is 0 Å². The fraction of sp³-hybridized carbons (Fsp3) is 0.304. The van der Waals surface area contributed by atoms with Crippen LogP contribution in [0, 0.1) is 0 Å². The minimum Gasteiger partial charge on any atom is -0.490 e. The van der Waals surface area contributed by atoms with E-state index in [2.05, 4.69) is 10.6 Å². The molecule has 0 saturated carbocycles. The number of hydrogen-bond acceptors (Lipinski definition) is 4. The van der Waals surface area contributed by atoms with E-state index in [1.54, 1.807) is 13.0 Å². The third kappa shape index (κ3) is 7.33. The summed E-state index contributed by atoms with van der Waals surface area (Å²) in [6.45, 7) is 6.93. The van der Waals surface area contributed by atoms with Gasteiger partial charge in [-0.2, -0.15) is 0 Å². The lowest BCUT2D eigenvalue weighted by Crippen LogP contribution is -2.44. The molecule has 0 aliphatic carbocycles. The van der Waals surface area contributed by atoms with Gasteiger partial charge in [-0.1, -0.05) is 36.4 Å². The standard InChI is InChI=1S/C23H28N2O4/c1-4-28-20-13-11-18(15-21(20)29-5-2)12-14-22(26)25-17(3)23(27)24-16-19-9-7-6-8-10-19/h6-15,17H,4-5,16H2,1-3H3,(H,24,27)(H,25,26). The Kier molecular flexibility index (Phi) is 8.76. The Balaban J connectivity index is 1.89. The molecule has 1 unspecified atom stereocenters. The topological polar surface area (TPSA) is 76.7 Å². The summed E-state index contributed by atoms with van der Waals surface area (Å²) in [5, 5.41) is 5.47. The molecule has 154 valence electrons. The van der Waals surface area contributed by atoms with Crippen molar-refractivity contribution in [1.82, 2.24) is 10.6 Å². The summed E-state index contributed by atoms with van der Waals surface area (Å²) in [7, 11) is 0. The van der Waals surface area contributed by atoms with Gasteiger partial charge in [0, 0.05) is 12.6 Å². The molecular weight excluding hydrogens is 368 g/mol. The average molecular weight is 396 g/mol. The first kappa shape index (κ1) is 22.0. The molecule has 0 aromatic heterocycles. The second-order valence-electron chi connectivity index (χ2n) is 6.34. The van der Waals surface area contributed by atoms with Crippen LogP contribution in [0.1, 0.15) is 31.9 Å². The van der Waals surface area contributed by atoms with Gasteiger partial charge in [-0.3, -0.25) is 9.59 Å². The third-order valence-electron chi connectivity index (χ3n) is 4.06. The molecule has 0 spiro atoms. The van der Waals surface area contributed by atoms with E-state index in [4.69, 9.17) is 9.47 Å². The van der Waals surface area contributed by atoms with Crippen molar-refractivity contribution in [1.29, 1.82) is 0 Å². The molecule has 0 radical (unpaired) electrons. The first-order chi connectivity index (χ1) is 14.0.